The summed E-state index contributed by atoms with van der Waals surface area (Å²) in [6.45, 7) is -0.0188. The van der Waals surface area contributed by atoms with Gasteiger partial charge in [0.1, 0.15) is 5.82 Å². The van der Waals surface area contributed by atoms with Crippen LogP contribution in [0.15, 0.2) is 29.4 Å². The molecular weight excluding hydrogens is 211 g/mol. The van der Waals surface area contributed by atoms with Gasteiger partial charge in [-0.2, -0.15) is 5.10 Å². The molecule has 0 aliphatic heterocycles. The molecule has 0 saturated carbocycles. The fourth-order valence-corrected chi connectivity index (χ4v) is 1.02. The number of aliphatic hydroxyl groups is 1. The van der Waals surface area contributed by atoms with Gasteiger partial charge in [0.15, 0.2) is 0 Å². The van der Waals surface area contributed by atoms with Crippen LogP contribution in [-0.4, -0.2) is 23.8 Å². The Labute approximate surface area is 92.8 Å². The Kier molecular flexibility index (Phi) is 5.15. The molecule has 0 unspecified atom stereocenters. The van der Waals surface area contributed by atoms with Gasteiger partial charge in [-0.1, -0.05) is 12.1 Å². The van der Waals surface area contributed by atoms with Crippen LogP contribution in [0.25, 0.3) is 0 Å². The Hall–Kier alpha value is -1.75. The second-order valence-electron chi connectivity index (χ2n) is 3.17. The number of hydrogen-bond donors (Lipinski definition) is 2. The molecule has 0 aliphatic carbocycles. The van der Waals surface area contributed by atoms with Crippen LogP contribution in [0.3, 0.4) is 0 Å². The number of carbonyl (C=O) groups is 1. The summed E-state index contributed by atoms with van der Waals surface area (Å²) >= 11 is 0. The Bertz CT molecular complexity index is 363. The smallest absolute Gasteiger partial charge is 0.240 e. The highest BCUT2D eigenvalue weighted by Crippen LogP contribution is 1.99. The first-order valence-corrected chi connectivity index (χ1v) is 4.90. The van der Waals surface area contributed by atoms with Gasteiger partial charge in [-0.05, 0) is 24.1 Å². The predicted octanol–water partition coefficient (Wildman–Crippen LogP) is 1.05. The van der Waals surface area contributed by atoms with Gasteiger partial charge < -0.3 is 5.11 Å². The lowest BCUT2D eigenvalue weighted by Crippen LogP contribution is -2.17. The van der Waals surface area contributed by atoms with E-state index in [1.54, 1.807) is 12.1 Å². The minimum atomic E-state index is -0.316. The standard InChI is InChI=1S/C11H13FN2O2/c12-10-5-3-9(4-6-10)8-13-14-11(16)2-1-7-15/h3-6,8,15H,1-2,7H2,(H,14,16)/b13-8-. The number of hydrazone groups is 1. The number of halogens is 1. The highest BCUT2D eigenvalue weighted by Gasteiger charge is 1.97. The maximum absolute atomic E-state index is 12.5. The van der Waals surface area contributed by atoms with E-state index in [4.69, 9.17) is 5.11 Å². The quantitative estimate of drug-likeness (QED) is 0.580. The van der Waals surface area contributed by atoms with Crippen molar-refractivity contribution in [2.45, 2.75) is 12.8 Å². The molecule has 0 heterocycles. The summed E-state index contributed by atoms with van der Waals surface area (Å²) in [6.07, 6.45) is 2.07. The minimum absolute atomic E-state index is 0.0188. The molecule has 16 heavy (non-hydrogen) atoms. The second kappa shape index (κ2) is 6.68. The molecule has 0 bridgehead atoms. The van der Waals surface area contributed by atoms with Crippen LogP contribution in [0, 0.1) is 5.82 Å². The number of hydrogen-bond acceptors (Lipinski definition) is 3. The van der Waals surface area contributed by atoms with Crippen molar-refractivity contribution in [3.8, 4) is 0 Å². The van der Waals surface area contributed by atoms with Crippen molar-refractivity contribution in [3.05, 3.63) is 35.6 Å². The molecule has 1 rings (SSSR count). The van der Waals surface area contributed by atoms with Crippen molar-refractivity contribution < 1.29 is 14.3 Å². The summed E-state index contributed by atoms with van der Waals surface area (Å²) in [6, 6.07) is 5.74. The van der Waals surface area contributed by atoms with Crippen LogP contribution in [0.5, 0.6) is 0 Å². The van der Waals surface area contributed by atoms with E-state index >= 15 is 0 Å². The molecule has 0 spiro atoms. The molecule has 1 aromatic carbocycles. The van der Waals surface area contributed by atoms with E-state index in [2.05, 4.69) is 10.5 Å². The van der Waals surface area contributed by atoms with E-state index < -0.39 is 0 Å². The minimum Gasteiger partial charge on any atom is -0.396 e. The fourth-order valence-electron chi connectivity index (χ4n) is 1.02. The number of benzene rings is 1. The van der Waals surface area contributed by atoms with Crippen molar-refractivity contribution >= 4 is 12.1 Å². The van der Waals surface area contributed by atoms with Crippen LogP contribution in [0.1, 0.15) is 18.4 Å². The van der Waals surface area contributed by atoms with Gasteiger partial charge in [-0.25, -0.2) is 9.82 Å². The van der Waals surface area contributed by atoms with Crippen molar-refractivity contribution in [3.63, 3.8) is 0 Å². The SMILES string of the molecule is O=C(CCCO)N/N=C\c1ccc(F)cc1. The van der Waals surface area contributed by atoms with Crippen LogP contribution in [-0.2, 0) is 4.79 Å². The Balaban J connectivity index is 2.37. The molecule has 0 fully saturated rings. The summed E-state index contributed by atoms with van der Waals surface area (Å²) in [7, 11) is 0. The largest absolute Gasteiger partial charge is 0.396 e. The highest BCUT2D eigenvalue weighted by molar-refractivity contribution is 5.82. The predicted molar refractivity (Wildman–Crippen MR) is 58.5 cm³/mol. The summed E-state index contributed by atoms with van der Waals surface area (Å²) in [5.74, 6) is -0.573. The van der Waals surface area contributed by atoms with E-state index in [-0.39, 0.29) is 24.8 Å². The van der Waals surface area contributed by atoms with E-state index in [0.717, 1.165) is 0 Å². The first-order chi connectivity index (χ1) is 7.72. The topological polar surface area (TPSA) is 61.7 Å². The zero-order chi connectivity index (χ0) is 11.8. The van der Waals surface area contributed by atoms with Gasteiger partial charge in [-0.15, -0.1) is 0 Å². The zero-order valence-electron chi connectivity index (χ0n) is 8.69. The molecule has 0 atom stereocenters. The average Bonchev–Trinajstić information content (AvgIpc) is 2.29. The molecule has 1 amide bonds. The van der Waals surface area contributed by atoms with Crippen molar-refractivity contribution in [2.24, 2.45) is 5.10 Å². The molecule has 0 radical (unpaired) electrons. The van der Waals surface area contributed by atoms with Crippen LogP contribution >= 0.6 is 0 Å². The highest BCUT2D eigenvalue weighted by atomic mass is 19.1. The van der Waals surface area contributed by atoms with Gasteiger partial charge >= 0.3 is 0 Å². The number of rotatable bonds is 5. The Morgan fingerprint density at radius 2 is 2.12 bits per heavy atom. The van der Waals surface area contributed by atoms with E-state index in [9.17, 15) is 9.18 Å². The molecule has 0 saturated heterocycles. The lowest BCUT2D eigenvalue weighted by molar-refractivity contribution is -0.121. The Morgan fingerprint density at radius 3 is 2.75 bits per heavy atom. The van der Waals surface area contributed by atoms with Crippen LogP contribution in [0.4, 0.5) is 4.39 Å². The molecule has 4 nitrogen and oxygen atoms in total. The molecule has 1 aromatic rings. The molecule has 0 aromatic heterocycles. The first kappa shape index (κ1) is 12.3. The molecule has 0 aliphatic rings. The summed E-state index contributed by atoms with van der Waals surface area (Å²) in [5, 5.41) is 12.2. The normalized spacial score (nSPS) is 10.6. The maximum atomic E-state index is 12.5. The maximum Gasteiger partial charge on any atom is 0.240 e. The number of nitrogens with zero attached hydrogens (tertiary/aromatic N) is 1. The fraction of sp³-hybridized carbons (Fsp3) is 0.273. The van der Waals surface area contributed by atoms with Gasteiger partial charge in [-0.3, -0.25) is 4.79 Å². The molecule has 5 heteroatoms. The monoisotopic (exact) mass is 224 g/mol. The lowest BCUT2D eigenvalue weighted by atomic mass is 10.2. The average molecular weight is 224 g/mol. The third-order valence-corrected chi connectivity index (χ3v) is 1.83. The first-order valence-electron chi connectivity index (χ1n) is 4.90. The zero-order valence-corrected chi connectivity index (χ0v) is 8.69. The van der Waals surface area contributed by atoms with Crippen LogP contribution < -0.4 is 5.43 Å². The van der Waals surface area contributed by atoms with E-state index in [0.29, 0.717) is 12.0 Å². The molecule has 86 valence electrons. The molecular formula is C11H13FN2O2. The Morgan fingerprint density at radius 1 is 1.44 bits per heavy atom. The van der Waals surface area contributed by atoms with Gasteiger partial charge in [0.05, 0.1) is 6.21 Å². The summed E-state index contributed by atoms with van der Waals surface area (Å²) in [5.41, 5.74) is 3.00. The number of nitrogens with one attached hydrogen (secondary N) is 1. The van der Waals surface area contributed by atoms with Gasteiger partial charge in [0.2, 0.25) is 5.91 Å². The second-order valence-corrected chi connectivity index (χ2v) is 3.17. The van der Waals surface area contributed by atoms with Crippen molar-refractivity contribution in [2.75, 3.05) is 6.61 Å². The summed E-state index contributed by atoms with van der Waals surface area (Å²) < 4.78 is 12.5. The number of aliphatic hydroxyl groups excluding tert-OH is 1. The van der Waals surface area contributed by atoms with Crippen LogP contribution in [0.2, 0.25) is 0 Å². The van der Waals surface area contributed by atoms with E-state index in [1.807, 2.05) is 0 Å². The number of amides is 1. The summed E-state index contributed by atoms with van der Waals surface area (Å²) in [4.78, 5) is 11.1. The van der Waals surface area contributed by atoms with Gasteiger partial charge in [0, 0.05) is 13.0 Å². The lowest BCUT2D eigenvalue weighted by Gasteiger charge is -1.97. The van der Waals surface area contributed by atoms with E-state index in [1.165, 1.54) is 18.3 Å². The van der Waals surface area contributed by atoms with Crippen molar-refractivity contribution in [1.29, 1.82) is 0 Å². The molecule has 2 N–H and O–H groups in total. The number of carbonyl (C=O) groups excluding carboxylic acids is 1. The van der Waals surface area contributed by atoms with Crippen molar-refractivity contribution in [1.82, 2.24) is 5.43 Å². The third kappa shape index (κ3) is 4.65. The third-order valence-electron chi connectivity index (χ3n) is 1.83. The van der Waals surface area contributed by atoms with Gasteiger partial charge in [0.25, 0.3) is 0 Å².